The van der Waals surface area contributed by atoms with Crippen molar-refractivity contribution >= 4 is 11.7 Å². The Kier molecular flexibility index (Phi) is 5.94. The highest BCUT2D eigenvalue weighted by atomic mass is 16.1. The zero-order valence-electron chi connectivity index (χ0n) is 14.5. The van der Waals surface area contributed by atoms with E-state index in [1.165, 1.54) is 0 Å². The molecular weight excluding hydrogens is 322 g/mol. The smallest absolute Gasteiger partial charge is 0.251 e. The molecule has 0 aliphatic carbocycles. The van der Waals surface area contributed by atoms with Gasteiger partial charge in [-0.05, 0) is 24.1 Å². The van der Waals surface area contributed by atoms with Gasteiger partial charge in [0.1, 0.15) is 0 Å². The highest BCUT2D eigenvalue weighted by Crippen LogP contribution is 2.24. The van der Waals surface area contributed by atoms with Crippen LogP contribution in [-0.4, -0.2) is 18.2 Å². The molecule has 0 aromatic heterocycles. The molecule has 0 saturated heterocycles. The van der Waals surface area contributed by atoms with Crippen molar-refractivity contribution in [3.8, 4) is 0 Å². The van der Waals surface area contributed by atoms with E-state index < -0.39 is 0 Å². The van der Waals surface area contributed by atoms with E-state index in [0.29, 0.717) is 24.1 Å². The average molecular weight is 343 g/mol. The number of carbonyl (C=O) groups is 2. The van der Waals surface area contributed by atoms with E-state index in [9.17, 15) is 9.59 Å². The second kappa shape index (κ2) is 8.77. The van der Waals surface area contributed by atoms with E-state index in [1.807, 2.05) is 78.9 Å². The minimum Gasteiger partial charge on any atom is -0.352 e. The molecule has 0 aliphatic rings. The topological polar surface area (TPSA) is 46.2 Å². The first kappa shape index (κ1) is 17.6. The van der Waals surface area contributed by atoms with Crippen LogP contribution in [0.4, 0.5) is 0 Å². The zero-order valence-corrected chi connectivity index (χ0v) is 14.5. The number of carbonyl (C=O) groups excluding carboxylic acids is 2. The molecule has 26 heavy (non-hydrogen) atoms. The van der Waals surface area contributed by atoms with E-state index >= 15 is 0 Å². The molecule has 0 heterocycles. The Labute approximate surface area is 153 Å². The van der Waals surface area contributed by atoms with Gasteiger partial charge in [-0.15, -0.1) is 0 Å². The molecule has 1 atom stereocenters. The molecule has 1 N–H and O–H groups in total. The van der Waals surface area contributed by atoms with E-state index in [1.54, 1.807) is 12.1 Å². The first-order chi connectivity index (χ1) is 12.8. The van der Waals surface area contributed by atoms with Gasteiger partial charge in [-0.3, -0.25) is 9.59 Å². The predicted molar refractivity (Wildman–Crippen MR) is 103 cm³/mol. The Balaban J connectivity index is 1.70. The Morgan fingerprint density at radius 3 is 1.77 bits per heavy atom. The summed E-state index contributed by atoms with van der Waals surface area (Å²) in [5.74, 6) is -0.329. The normalized spacial score (nSPS) is 11.5. The Morgan fingerprint density at radius 2 is 1.19 bits per heavy atom. The predicted octanol–water partition coefficient (Wildman–Crippen LogP) is 4.47. The van der Waals surface area contributed by atoms with Gasteiger partial charge in [0.2, 0.25) is 0 Å². The lowest BCUT2D eigenvalue weighted by molar-refractivity contribution is 0.0925. The molecule has 1 unspecified atom stereocenters. The molecule has 3 nitrogen and oxygen atoms in total. The van der Waals surface area contributed by atoms with Crippen LogP contribution in [0.5, 0.6) is 0 Å². The largest absolute Gasteiger partial charge is 0.352 e. The molecule has 0 aliphatic heterocycles. The van der Waals surface area contributed by atoms with Crippen molar-refractivity contribution in [2.24, 2.45) is 0 Å². The van der Waals surface area contributed by atoms with E-state index in [2.05, 4.69) is 5.32 Å². The van der Waals surface area contributed by atoms with Gasteiger partial charge in [-0.1, -0.05) is 78.9 Å². The van der Waals surface area contributed by atoms with Crippen molar-refractivity contribution in [1.29, 1.82) is 0 Å². The molecule has 0 bridgehead atoms. The number of benzene rings is 3. The summed E-state index contributed by atoms with van der Waals surface area (Å²) in [6.45, 7) is 0.436. The van der Waals surface area contributed by atoms with Crippen LogP contribution in [0.2, 0.25) is 0 Å². The second-order valence-electron chi connectivity index (χ2n) is 6.10. The summed E-state index contributed by atoms with van der Waals surface area (Å²) in [7, 11) is 0. The fourth-order valence-corrected chi connectivity index (χ4v) is 2.96. The third-order valence-corrected chi connectivity index (χ3v) is 4.33. The molecule has 1 amide bonds. The van der Waals surface area contributed by atoms with Crippen LogP contribution in [0.3, 0.4) is 0 Å². The van der Waals surface area contributed by atoms with Gasteiger partial charge >= 0.3 is 0 Å². The molecule has 0 fully saturated rings. The summed E-state index contributed by atoms with van der Waals surface area (Å²) in [4.78, 5) is 25.2. The summed E-state index contributed by atoms with van der Waals surface area (Å²) < 4.78 is 0. The number of Topliss-reactive ketones (excluding diaryl/α,β-unsaturated/α-hetero) is 1. The van der Waals surface area contributed by atoms with Crippen LogP contribution >= 0.6 is 0 Å². The van der Waals surface area contributed by atoms with Crippen molar-refractivity contribution in [1.82, 2.24) is 5.32 Å². The highest BCUT2D eigenvalue weighted by molar-refractivity contribution is 6.01. The van der Waals surface area contributed by atoms with Gasteiger partial charge in [-0.2, -0.15) is 0 Å². The number of hydrogen-bond acceptors (Lipinski definition) is 2. The average Bonchev–Trinajstić information content (AvgIpc) is 2.72. The van der Waals surface area contributed by atoms with Gasteiger partial charge in [0.05, 0.1) is 0 Å². The van der Waals surface area contributed by atoms with Crippen molar-refractivity contribution in [2.45, 2.75) is 12.3 Å². The van der Waals surface area contributed by atoms with Gasteiger partial charge in [0.15, 0.2) is 5.78 Å². The third-order valence-electron chi connectivity index (χ3n) is 4.33. The number of hydrogen-bond donors (Lipinski definition) is 1. The Hall–Kier alpha value is -3.20. The summed E-state index contributed by atoms with van der Waals surface area (Å²) >= 11 is 0. The lowest BCUT2D eigenvalue weighted by atomic mass is 9.88. The highest BCUT2D eigenvalue weighted by Gasteiger charge is 2.21. The number of nitrogens with one attached hydrogen (secondary N) is 1. The van der Waals surface area contributed by atoms with Crippen molar-refractivity contribution in [2.75, 3.05) is 6.54 Å². The molecule has 0 spiro atoms. The maximum atomic E-state index is 13.0. The van der Waals surface area contributed by atoms with Gasteiger partial charge in [0, 0.05) is 23.6 Å². The zero-order chi connectivity index (χ0) is 18.2. The summed E-state index contributed by atoms with van der Waals surface area (Å²) in [6, 6.07) is 28.1. The SMILES string of the molecule is O=C(NCCC(C(=O)c1ccccc1)c1ccccc1)c1ccccc1. The van der Waals surface area contributed by atoms with E-state index in [4.69, 9.17) is 0 Å². The molecule has 130 valence electrons. The first-order valence-corrected chi connectivity index (χ1v) is 8.73. The van der Waals surface area contributed by atoms with Crippen LogP contribution in [0.25, 0.3) is 0 Å². The summed E-state index contributed by atoms with van der Waals surface area (Å²) in [5.41, 5.74) is 2.28. The van der Waals surface area contributed by atoms with Gasteiger partial charge in [0.25, 0.3) is 5.91 Å². The van der Waals surface area contributed by atoms with Crippen molar-refractivity contribution in [3.63, 3.8) is 0 Å². The molecule has 3 heteroatoms. The van der Waals surface area contributed by atoms with Crippen LogP contribution in [0, 0.1) is 0 Å². The molecule has 3 aromatic rings. The molecule has 3 aromatic carbocycles. The fourth-order valence-electron chi connectivity index (χ4n) is 2.96. The second-order valence-corrected chi connectivity index (χ2v) is 6.10. The minimum atomic E-state index is -0.283. The standard InChI is InChI=1S/C23H21NO2/c25-22(19-12-6-2-7-13-19)21(18-10-4-1-5-11-18)16-17-24-23(26)20-14-8-3-9-15-20/h1-15,21H,16-17H2,(H,24,26). The van der Waals surface area contributed by atoms with E-state index in [0.717, 1.165) is 5.56 Å². The van der Waals surface area contributed by atoms with Crippen LogP contribution in [-0.2, 0) is 0 Å². The monoisotopic (exact) mass is 343 g/mol. The summed E-state index contributed by atoms with van der Waals surface area (Å²) in [5, 5.41) is 2.91. The number of ketones is 1. The van der Waals surface area contributed by atoms with Crippen LogP contribution in [0.15, 0.2) is 91.0 Å². The Morgan fingerprint density at radius 1 is 0.692 bits per heavy atom. The lowest BCUT2D eigenvalue weighted by Gasteiger charge is -2.17. The molecule has 3 rings (SSSR count). The van der Waals surface area contributed by atoms with E-state index in [-0.39, 0.29) is 17.6 Å². The third kappa shape index (κ3) is 4.45. The maximum Gasteiger partial charge on any atom is 0.251 e. The van der Waals surface area contributed by atoms with Crippen LogP contribution in [0.1, 0.15) is 38.6 Å². The maximum absolute atomic E-state index is 13.0. The fraction of sp³-hybridized carbons (Fsp3) is 0.130. The van der Waals surface area contributed by atoms with Crippen molar-refractivity contribution < 1.29 is 9.59 Å². The Bertz CT molecular complexity index is 845. The molecular formula is C23H21NO2. The van der Waals surface area contributed by atoms with Gasteiger partial charge < -0.3 is 5.32 Å². The lowest BCUT2D eigenvalue weighted by Crippen LogP contribution is -2.27. The quantitative estimate of drug-likeness (QED) is 0.643. The molecule has 0 radical (unpaired) electrons. The van der Waals surface area contributed by atoms with Gasteiger partial charge in [-0.25, -0.2) is 0 Å². The first-order valence-electron chi connectivity index (χ1n) is 8.73. The van der Waals surface area contributed by atoms with Crippen LogP contribution < -0.4 is 5.32 Å². The van der Waals surface area contributed by atoms with Crippen molar-refractivity contribution in [3.05, 3.63) is 108 Å². The number of amides is 1. The minimum absolute atomic E-state index is 0.0748. The number of rotatable bonds is 7. The molecule has 0 saturated carbocycles. The summed E-state index contributed by atoms with van der Waals surface area (Å²) in [6.07, 6.45) is 0.552.